The Morgan fingerprint density at radius 3 is 2.71 bits per heavy atom. The molecular weight excluding hydrogens is 366 g/mol. The summed E-state index contributed by atoms with van der Waals surface area (Å²) in [6, 6.07) is 17.3. The van der Waals surface area contributed by atoms with E-state index >= 15 is 0 Å². The molecule has 0 aliphatic carbocycles. The average molecular weight is 382 g/mol. The Kier molecular flexibility index (Phi) is 6.93. The largest absolute Gasteiger partial charge is 0.351 e. The van der Waals surface area contributed by atoms with Crippen LogP contribution in [0.5, 0.6) is 0 Å². The molecular formula is C19H16BrN3O. The fourth-order valence-electron chi connectivity index (χ4n) is 1.98. The molecule has 0 fully saturated rings. The van der Waals surface area contributed by atoms with E-state index in [-0.39, 0.29) is 11.5 Å². The Morgan fingerprint density at radius 2 is 2.00 bits per heavy atom. The maximum absolute atomic E-state index is 12.0. The van der Waals surface area contributed by atoms with Crippen molar-refractivity contribution in [1.82, 2.24) is 10.3 Å². The second-order valence-electron chi connectivity index (χ2n) is 4.93. The molecule has 1 aromatic heterocycles. The van der Waals surface area contributed by atoms with Gasteiger partial charge >= 0.3 is 0 Å². The lowest BCUT2D eigenvalue weighted by Crippen LogP contribution is -2.26. The van der Waals surface area contributed by atoms with Crippen molar-refractivity contribution in [3.8, 4) is 6.07 Å². The van der Waals surface area contributed by atoms with Gasteiger partial charge in [0.15, 0.2) is 0 Å². The summed E-state index contributed by atoms with van der Waals surface area (Å²) in [5, 5.41) is 11.9. The molecule has 0 radical (unpaired) electrons. The molecule has 0 saturated heterocycles. The number of hydrogen-bond donors (Lipinski definition) is 1. The van der Waals surface area contributed by atoms with E-state index in [1.165, 1.54) is 6.08 Å². The molecule has 1 amide bonds. The van der Waals surface area contributed by atoms with Gasteiger partial charge in [-0.1, -0.05) is 42.5 Å². The summed E-state index contributed by atoms with van der Waals surface area (Å²) in [5.41, 5.74) is 1.94. The summed E-state index contributed by atoms with van der Waals surface area (Å²) in [6.07, 6.45) is 5.59. The first-order valence-corrected chi connectivity index (χ1v) is 8.21. The van der Waals surface area contributed by atoms with Gasteiger partial charge in [0.05, 0.1) is 5.69 Å². The Hall–Kier alpha value is -2.71. The van der Waals surface area contributed by atoms with Crippen LogP contribution in [0.25, 0.3) is 6.08 Å². The van der Waals surface area contributed by atoms with Crippen molar-refractivity contribution in [2.45, 2.75) is 6.42 Å². The first kappa shape index (κ1) is 17.6. The second-order valence-corrected chi connectivity index (χ2v) is 5.74. The minimum Gasteiger partial charge on any atom is -0.351 e. The number of nitrogens with zero attached hydrogens (tertiary/aromatic N) is 2. The van der Waals surface area contributed by atoms with Crippen LogP contribution in [0.3, 0.4) is 0 Å². The predicted octanol–water partition coefficient (Wildman–Crippen LogP) is 3.67. The van der Waals surface area contributed by atoms with Gasteiger partial charge in [0.2, 0.25) is 0 Å². The molecule has 1 aromatic carbocycles. The number of carbonyl (C=O) groups excluding carboxylic acids is 1. The van der Waals surface area contributed by atoms with Crippen LogP contribution >= 0.6 is 15.9 Å². The van der Waals surface area contributed by atoms with E-state index in [4.69, 9.17) is 5.26 Å². The van der Waals surface area contributed by atoms with Crippen molar-refractivity contribution >= 4 is 27.9 Å². The van der Waals surface area contributed by atoms with Gasteiger partial charge in [-0.2, -0.15) is 5.26 Å². The molecule has 0 atom stereocenters. The number of halogens is 1. The van der Waals surface area contributed by atoms with Crippen molar-refractivity contribution in [3.05, 3.63) is 82.1 Å². The molecule has 0 bridgehead atoms. The number of carbonyl (C=O) groups is 1. The smallest absolute Gasteiger partial charge is 0.261 e. The van der Waals surface area contributed by atoms with Crippen molar-refractivity contribution < 1.29 is 4.79 Å². The van der Waals surface area contributed by atoms with Crippen LogP contribution in [0.1, 0.15) is 11.3 Å². The van der Waals surface area contributed by atoms with Gasteiger partial charge in [0, 0.05) is 6.54 Å². The van der Waals surface area contributed by atoms with Gasteiger partial charge in [0.25, 0.3) is 5.91 Å². The Morgan fingerprint density at radius 1 is 1.21 bits per heavy atom. The predicted molar refractivity (Wildman–Crippen MR) is 97.8 cm³/mol. The third-order valence-electron chi connectivity index (χ3n) is 3.17. The highest BCUT2D eigenvalue weighted by Gasteiger charge is 2.06. The molecule has 1 N–H and O–H groups in total. The van der Waals surface area contributed by atoms with Gasteiger partial charge in [-0.25, -0.2) is 4.98 Å². The summed E-state index contributed by atoms with van der Waals surface area (Å²) < 4.78 is 0.729. The van der Waals surface area contributed by atoms with E-state index in [0.29, 0.717) is 6.54 Å². The molecule has 24 heavy (non-hydrogen) atoms. The number of amides is 1. The highest BCUT2D eigenvalue weighted by atomic mass is 79.9. The van der Waals surface area contributed by atoms with Crippen LogP contribution in [0.15, 0.2) is 70.9 Å². The first-order chi connectivity index (χ1) is 11.7. The minimum atomic E-state index is -0.375. The summed E-state index contributed by atoms with van der Waals surface area (Å²) >= 11 is 3.29. The zero-order valence-corrected chi connectivity index (χ0v) is 14.5. The van der Waals surface area contributed by atoms with Crippen molar-refractivity contribution in [2.24, 2.45) is 0 Å². The van der Waals surface area contributed by atoms with Gasteiger partial charge in [-0.3, -0.25) is 4.79 Å². The number of nitrogens with one attached hydrogen (secondary N) is 1. The minimum absolute atomic E-state index is 0.0642. The molecule has 0 saturated carbocycles. The zero-order valence-electron chi connectivity index (χ0n) is 12.9. The van der Waals surface area contributed by atoms with E-state index in [1.807, 2.05) is 54.6 Å². The SMILES string of the molecule is N#CC(=CC=Cc1cccc(Br)n1)C(=O)NCCc1ccccc1. The van der Waals surface area contributed by atoms with E-state index in [0.717, 1.165) is 22.3 Å². The van der Waals surface area contributed by atoms with Crippen LogP contribution in [0.4, 0.5) is 0 Å². The van der Waals surface area contributed by atoms with Crippen molar-refractivity contribution in [3.63, 3.8) is 0 Å². The molecule has 0 aliphatic rings. The molecule has 0 unspecified atom stereocenters. The Balaban J connectivity index is 1.90. The summed E-state index contributed by atoms with van der Waals surface area (Å²) in [6.45, 7) is 0.485. The molecule has 2 aromatic rings. The molecule has 2 rings (SSSR count). The van der Waals surface area contributed by atoms with Gasteiger partial charge in [0.1, 0.15) is 16.2 Å². The summed E-state index contributed by atoms with van der Waals surface area (Å²) in [5.74, 6) is -0.375. The number of hydrogen-bond acceptors (Lipinski definition) is 3. The van der Waals surface area contributed by atoms with E-state index in [9.17, 15) is 4.79 Å². The molecule has 4 nitrogen and oxygen atoms in total. The summed E-state index contributed by atoms with van der Waals surface area (Å²) in [4.78, 5) is 16.2. The maximum atomic E-state index is 12.0. The lowest BCUT2D eigenvalue weighted by Gasteiger charge is -2.04. The maximum Gasteiger partial charge on any atom is 0.261 e. The normalized spacial score (nSPS) is 11.2. The lowest BCUT2D eigenvalue weighted by molar-refractivity contribution is -0.117. The highest BCUT2D eigenvalue weighted by molar-refractivity contribution is 9.10. The van der Waals surface area contributed by atoms with Gasteiger partial charge in [-0.15, -0.1) is 0 Å². The highest BCUT2D eigenvalue weighted by Crippen LogP contribution is 2.07. The Labute approximate surface area is 149 Å². The van der Waals surface area contributed by atoms with Crippen LogP contribution in [0.2, 0.25) is 0 Å². The molecule has 0 spiro atoms. The fourth-order valence-corrected chi connectivity index (χ4v) is 2.34. The van der Waals surface area contributed by atoms with Crippen molar-refractivity contribution in [2.75, 3.05) is 6.54 Å². The molecule has 120 valence electrons. The van der Waals surface area contributed by atoms with Crippen molar-refractivity contribution in [1.29, 1.82) is 5.26 Å². The molecule has 5 heteroatoms. The lowest BCUT2D eigenvalue weighted by atomic mass is 10.1. The number of pyridine rings is 1. The van der Waals surface area contributed by atoms with E-state index < -0.39 is 0 Å². The van der Waals surface area contributed by atoms with Crippen LogP contribution in [-0.4, -0.2) is 17.4 Å². The quantitative estimate of drug-likeness (QED) is 0.359. The number of rotatable bonds is 6. The fraction of sp³-hybridized carbons (Fsp3) is 0.105. The van der Waals surface area contributed by atoms with Crippen LogP contribution < -0.4 is 5.32 Å². The van der Waals surface area contributed by atoms with E-state index in [2.05, 4.69) is 26.2 Å². The van der Waals surface area contributed by atoms with Crippen LogP contribution in [0, 0.1) is 11.3 Å². The average Bonchev–Trinajstić information content (AvgIpc) is 2.59. The number of benzene rings is 1. The summed E-state index contributed by atoms with van der Waals surface area (Å²) in [7, 11) is 0. The standard InChI is InChI=1S/C19H16BrN3O/c20-18-11-5-10-17(23-18)9-4-8-16(14-21)19(24)22-13-12-15-6-2-1-3-7-15/h1-11H,12-13H2,(H,22,24). The molecule has 0 aliphatic heterocycles. The monoisotopic (exact) mass is 381 g/mol. The Bertz CT molecular complexity index is 792. The van der Waals surface area contributed by atoms with Gasteiger partial charge in [-0.05, 0) is 52.2 Å². The third kappa shape index (κ3) is 5.82. The number of aromatic nitrogens is 1. The second kappa shape index (κ2) is 9.43. The van der Waals surface area contributed by atoms with Crippen LogP contribution in [-0.2, 0) is 11.2 Å². The van der Waals surface area contributed by atoms with Gasteiger partial charge < -0.3 is 5.32 Å². The zero-order chi connectivity index (χ0) is 17.2. The topological polar surface area (TPSA) is 65.8 Å². The third-order valence-corrected chi connectivity index (χ3v) is 3.62. The van der Waals surface area contributed by atoms with E-state index in [1.54, 1.807) is 12.2 Å². The molecule has 1 heterocycles. The number of nitriles is 1. The number of allylic oxidation sites excluding steroid dienone is 2. The first-order valence-electron chi connectivity index (χ1n) is 7.42.